The van der Waals surface area contributed by atoms with Crippen LogP contribution in [-0.4, -0.2) is 62.8 Å². The Morgan fingerprint density at radius 2 is 1.77 bits per heavy atom. The normalized spacial score (nSPS) is 14.1. The summed E-state index contributed by atoms with van der Waals surface area (Å²) in [5, 5.41) is 12.0. The lowest BCUT2D eigenvalue weighted by molar-refractivity contribution is 0.255. The number of pyridine rings is 1. The molecule has 0 radical (unpaired) electrons. The zero-order chi connectivity index (χ0) is 29.9. The van der Waals surface area contributed by atoms with Gasteiger partial charge in [-0.2, -0.15) is 5.10 Å². The lowest BCUT2D eigenvalue weighted by atomic mass is 9.89. The maximum atomic E-state index is 13.4. The van der Waals surface area contributed by atoms with Crippen LogP contribution in [0.4, 0.5) is 27.8 Å². The lowest BCUT2D eigenvalue weighted by Crippen LogP contribution is -2.32. The van der Waals surface area contributed by atoms with E-state index in [1.807, 2.05) is 54.9 Å². The summed E-state index contributed by atoms with van der Waals surface area (Å²) >= 11 is 0. The molecule has 1 aliphatic heterocycles. The molecule has 0 spiro atoms. The van der Waals surface area contributed by atoms with Gasteiger partial charge in [-0.15, -0.1) is 0 Å². The molecule has 1 fully saturated rings. The number of carbonyl (C=O) groups is 1. The van der Waals surface area contributed by atoms with E-state index >= 15 is 0 Å². The summed E-state index contributed by atoms with van der Waals surface area (Å²) in [5.41, 5.74) is 6.65. The number of likely N-dealkylation sites (tertiary alicyclic amines) is 1. The van der Waals surface area contributed by atoms with E-state index < -0.39 is 0 Å². The summed E-state index contributed by atoms with van der Waals surface area (Å²) in [5.74, 6) is 1.70. The molecule has 0 bridgehead atoms. The number of piperidine rings is 1. The number of benzene rings is 2. The zero-order valence-electron chi connectivity index (χ0n) is 25.1. The number of aromatic nitrogens is 5. The third-order valence-electron chi connectivity index (χ3n) is 8.13. The van der Waals surface area contributed by atoms with Crippen molar-refractivity contribution in [2.45, 2.75) is 39.2 Å². The number of fused-ring (bicyclic) bond motifs is 1. The smallest absolute Gasteiger partial charge is 0.327 e. The Labute approximate surface area is 251 Å². The highest BCUT2D eigenvalue weighted by Gasteiger charge is 2.19. The van der Waals surface area contributed by atoms with E-state index in [1.165, 1.54) is 29.6 Å². The highest BCUT2D eigenvalue weighted by Crippen LogP contribution is 2.30. The SMILES string of the molecule is Cc1cccc(Cn2nc(C)c3c(NC(=O)N(C)c4cc(Nc5ccc(C6CCN(C)CC6)cc5)ncn4)cccc32)n1. The summed E-state index contributed by atoms with van der Waals surface area (Å²) < 4.78 is 1.93. The van der Waals surface area contributed by atoms with Crippen LogP contribution in [0.25, 0.3) is 10.9 Å². The van der Waals surface area contributed by atoms with E-state index in [-0.39, 0.29) is 6.03 Å². The second-order valence-electron chi connectivity index (χ2n) is 11.3. The number of urea groups is 1. The lowest BCUT2D eigenvalue weighted by Gasteiger charge is -2.29. The highest BCUT2D eigenvalue weighted by atomic mass is 16.2. The Kier molecular flexibility index (Phi) is 8.02. The molecule has 0 unspecified atom stereocenters. The summed E-state index contributed by atoms with van der Waals surface area (Å²) in [6, 6.07) is 21.8. The third-order valence-corrected chi connectivity index (χ3v) is 8.13. The van der Waals surface area contributed by atoms with E-state index in [0.29, 0.717) is 29.8 Å². The molecular weight excluding hydrogens is 538 g/mol. The van der Waals surface area contributed by atoms with Gasteiger partial charge in [0.15, 0.2) is 0 Å². The molecular formula is C33H37N9O. The fourth-order valence-electron chi connectivity index (χ4n) is 5.72. The Balaban J connectivity index is 1.14. The van der Waals surface area contributed by atoms with Crippen molar-refractivity contribution in [1.82, 2.24) is 29.6 Å². The minimum absolute atomic E-state index is 0.313. The van der Waals surface area contributed by atoms with E-state index in [4.69, 9.17) is 5.10 Å². The number of hydrogen-bond donors (Lipinski definition) is 2. The van der Waals surface area contributed by atoms with Gasteiger partial charge in [0.1, 0.15) is 18.0 Å². The van der Waals surface area contributed by atoms with Crippen molar-refractivity contribution < 1.29 is 4.79 Å². The zero-order valence-corrected chi connectivity index (χ0v) is 25.1. The summed E-state index contributed by atoms with van der Waals surface area (Å²) in [6.07, 6.45) is 3.84. The number of nitrogens with one attached hydrogen (secondary N) is 2. The first-order chi connectivity index (χ1) is 20.8. The van der Waals surface area contributed by atoms with Gasteiger partial charge in [0.2, 0.25) is 0 Å². The van der Waals surface area contributed by atoms with Crippen LogP contribution >= 0.6 is 0 Å². The van der Waals surface area contributed by atoms with E-state index in [2.05, 4.69) is 61.8 Å². The van der Waals surface area contributed by atoms with Crippen molar-refractivity contribution in [3.05, 3.63) is 95.7 Å². The first-order valence-electron chi connectivity index (χ1n) is 14.6. The van der Waals surface area contributed by atoms with E-state index in [0.717, 1.165) is 46.8 Å². The molecule has 10 heteroatoms. The monoisotopic (exact) mass is 575 g/mol. The number of aryl methyl sites for hydroxylation is 2. The van der Waals surface area contributed by atoms with Crippen molar-refractivity contribution in [1.29, 1.82) is 0 Å². The molecule has 43 heavy (non-hydrogen) atoms. The molecule has 6 rings (SSSR count). The Hall–Kier alpha value is -4.83. The Bertz CT molecular complexity index is 1740. The largest absolute Gasteiger partial charge is 0.340 e. The molecule has 220 valence electrons. The van der Waals surface area contributed by atoms with Gasteiger partial charge in [-0.05, 0) is 94.7 Å². The molecule has 10 nitrogen and oxygen atoms in total. The summed E-state index contributed by atoms with van der Waals surface area (Å²) in [7, 11) is 3.88. The third kappa shape index (κ3) is 6.34. The van der Waals surface area contributed by atoms with Crippen LogP contribution in [0.3, 0.4) is 0 Å². The van der Waals surface area contributed by atoms with Crippen molar-refractivity contribution in [3.63, 3.8) is 0 Å². The van der Waals surface area contributed by atoms with Gasteiger partial charge in [-0.1, -0.05) is 24.3 Å². The second kappa shape index (κ2) is 12.2. The number of anilines is 4. The fourth-order valence-corrected chi connectivity index (χ4v) is 5.72. The molecule has 2 amide bonds. The molecule has 0 aliphatic carbocycles. The maximum absolute atomic E-state index is 13.4. The van der Waals surface area contributed by atoms with Crippen LogP contribution in [0.1, 0.15) is 41.4 Å². The molecule has 2 aromatic carbocycles. The minimum atomic E-state index is -0.313. The van der Waals surface area contributed by atoms with Crippen molar-refractivity contribution in [3.8, 4) is 0 Å². The van der Waals surface area contributed by atoms with Crippen molar-refractivity contribution >= 4 is 39.9 Å². The topological polar surface area (TPSA) is 104 Å². The molecule has 0 atom stereocenters. The summed E-state index contributed by atoms with van der Waals surface area (Å²) in [4.78, 5) is 30.6. The molecule has 4 heterocycles. The van der Waals surface area contributed by atoms with Gasteiger partial charge in [0.05, 0.1) is 29.1 Å². The predicted octanol–water partition coefficient (Wildman–Crippen LogP) is 6.11. The van der Waals surface area contributed by atoms with E-state index in [1.54, 1.807) is 13.1 Å². The van der Waals surface area contributed by atoms with Crippen LogP contribution in [-0.2, 0) is 6.54 Å². The minimum Gasteiger partial charge on any atom is -0.340 e. The van der Waals surface area contributed by atoms with Crippen molar-refractivity contribution in [2.75, 3.05) is 42.7 Å². The predicted molar refractivity (Wildman–Crippen MR) is 171 cm³/mol. The molecule has 1 aliphatic rings. The number of rotatable bonds is 7. The number of carbonyl (C=O) groups excluding carboxylic acids is 1. The van der Waals surface area contributed by atoms with Crippen LogP contribution < -0.4 is 15.5 Å². The number of amides is 2. The average Bonchev–Trinajstić information content (AvgIpc) is 3.33. The van der Waals surface area contributed by atoms with Gasteiger partial charge in [0, 0.05) is 29.9 Å². The molecule has 0 saturated carbocycles. The summed E-state index contributed by atoms with van der Waals surface area (Å²) in [6.45, 7) is 6.75. The number of nitrogens with zero attached hydrogens (tertiary/aromatic N) is 7. The first kappa shape index (κ1) is 28.3. The average molecular weight is 576 g/mol. The molecule has 3 aromatic heterocycles. The highest BCUT2D eigenvalue weighted by molar-refractivity contribution is 6.07. The second-order valence-corrected chi connectivity index (χ2v) is 11.3. The first-order valence-corrected chi connectivity index (χ1v) is 14.6. The van der Waals surface area contributed by atoms with Gasteiger partial charge in [-0.3, -0.25) is 14.6 Å². The van der Waals surface area contributed by atoms with Gasteiger partial charge in [0.25, 0.3) is 0 Å². The van der Waals surface area contributed by atoms with Gasteiger partial charge in [-0.25, -0.2) is 14.8 Å². The van der Waals surface area contributed by atoms with Crippen LogP contribution in [0.15, 0.2) is 73.1 Å². The maximum Gasteiger partial charge on any atom is 0.327 e. The van der Waals surface area contributed by atoms with Gasteiger partial charge < -0.3 is 15.5 Å². The van der Waals surface area contributed by atoms with E-state index in [9.17, 15) is 4.79 Å². The van der Waals surface area contributed by atoms with Gasteiger partial charge >= 0.3 is 6.03 Å². The number of hydrogen-bond acceptors (Lipinski definition) is 7. The molecule has 2 N–H and O–H groups in total. The van der Waals surface area contributed by atoms with Crippen LogP contribution in [0.2, 0.25) is 0 Å². The molecule has 1 saturated heterocycles. The van der Waals surface area contributed by atoms with Crippen molar-refractivity contribution in [2.24, 2.45) is 0 Å². The quantitative estimate of drug-likeness (QED) is 0.241. The fraction of sp³-hybridized carbons (Fsp3) is 0.303. The standard InChI is InChI=1S/C33H37N9O/c1-22-7-5-8-27(36-22)20-42-29-10-6-9-28(32(29)23(2)39-42)38-33(43)41(4)31-19-30(34-21-35-31)37-26-13-11-24(12-14-26)25-15-17-40(3)18-16-25/h5-14,19,21,25H,15-18,20H2,1-4H3,(H,38,43)(H,34,35,37). The van der Waals surface area contributed by atoms with Crippen LogP contribution in [0, 0.1) is 13.8 Å². The Morgan fingerprint density at radius 3 is 2.53 bits per heavy atom. The molecule has 5 aromatic rings. The van der Waals surface area contributed by atoms with Crippen LogP contribution in [0.5, 0.6) is 0 Å². The Morgan fingerprint density at radius 1 is 1.00 bits per heavy atom.